The summed E-state index contributed by atoms with van der Waals surface area (Å²) in [5, 5.41) is 5.13. The summed E-state index contributed by atoms with van der Waals surface area (Å²) >= 11 is 18.8. The molecule has 0 saturated heterocycles. The highest BCUT2D eigenvalue weighted by molar-refractivity contribution is 9.10. The van der Waals surface area contributed by atoms with E-state index in [-0.39, 0.29) is 23.2 Å². The van der Waals surface area contributed by atoms with Crippen LogP contribution in [0.15, 0.2) is 56.8 Å². The molecule has 2 bridgehead atoms. The molecule has 2 saturated carbocycles. The van der Waals surface area contributed by atoms with E-state index in [9.17, 15) is 9.59 Å². The number of carbonyl (C=O) groups is 1. The van der Waals surface area contributed by atoms with Crippen molar-refractivity contribution in [1.29, 1.82) is 0 Å². The van der Waals surface area contributed by atoms with Crippen molar-refractivity contribution in [2.24, 2.45) is 17.8 Å². The highest BCUT2D eigenvalue weighted by Gasteiger charge is 2.55. The first kappa shape index (κ1) is 23.2. The molecule has 1 aromatic heterocycles. The van der Waals surface area contributed by atoms with Crippen molar-refractivity contribution in [3.63, 3.8) is 0 Å². The fourth-order valence-corrected chi connectivity index (χ4v) is 9.76. The van der Waals surface area contributed by atoms with Crippen LogP contribution in [-0.2, 0) is 11.3 Å². The Hall–Kier alpha value is -1.25. The maximum absolute atomic E-state index is 13.2. The molecule has 2 heterocycles. The Kier molecular flexibility index (Phi) is 6.13. The minimum Gasteiger partial charge on any atom is -0.324 e. The average Bonchev–Trinajstić information content (AvgIpc) is 3.50. The summed E-state index contributed by atoms with van der Waals surface area (Å²) in [5.41, 5.74) is 1.83. The van der Waals surface area contributed by atoms with E-state index < -0.39 is 0 Å². The van der Waals surface area contributed by atoms with Gasteiger partial charge >= 0.3 is 4.87 Å². The fraction of sp³-hybridized carbons (Fsp3) is 0.360. The molecule has 2 fully saturated rings. The molecule has 5 unspecified atom stereocenters. The summed E-state index contributed by atoms with van der Waals surface area (Å²) in [4.78, 5) is 27.1. The first-order chi connectivity index (χ1) is 16.4. The van der Waals surface area contributed by atoms with Gasteiger partial charge in [-0.2, -0.15) is 0 Å². The van der Waals surface area contributed by atoms with Gasteiger partial charge in [-0.15, -0.1) is 11.8 Å². The zero-order valence-corrected chi connectivity index (χ0v) is 22.7. The first-order valence-corrected chi connectivity index (χ1v) is 14.5. The average molecular weight is 596 g/mol. The Balaban J connectivity index is 1.35. The molecular weight excluding hydrogens is 575 g/mol. The molecule has 9 heteroatoms. The van der Waals surface area contributed by atoms with Crippen molar-refractivity contribution < 1.29 is 4.79 Å². The normalized spacial score (nSPS) is 26.9. The summed E-state index contributed by atoms with van der Waals surface area (Å²) in [7, 11) is 0. The zero-order chi connectivity index (χ0) is 23.6. The topological polar surface area (TPSA) is 51.1 Å². The van der Waals surface area contributed by atoms with Crippen LogP contribution in [0.3, 0.4) is 0 Å². The number of nitrogens with one attached hydrogen (secondary N) is 1. The lowest BCUT2D eigenvalue weighted by molar-refractivity contribution is -0.116. The van der Waals surface area contributed by atoms with E-state index in [0.29, 0.717) is 38.7 Å². The van der Waals surface area contributed by atoms with Crippen molar-refractivity contribution >= 4 is 73.8 Å². The summed E-state index contributed by atoms with van der Waals surface area (Å²) in [6.45, 7) is -0.0174. The number of rotatable bonds is 4. The van der Waals surface area contributed by atoms with Crippen molar-refractivity contribution in [2.75, 3.05) is 5.32 Å². The highest BCUT2D eigenvalue weighted by Crippen LogP contribution is 2.64. The number of aromatic nitrogens is 1. The quantitative estimate of drug-likeness (QED) is 0.345. The molecular formula is C25H21BrCl2N2O2S2. The molecule has 1 amide bonds. The molecule has 1 aliphatic heterocycles. The Morgan fingerprint density at radius 1 is 1.09 bits per heavy atom. The van der Waals surface area contributed by atoms with E-state index >= 15 is 0 Å². The molecule has 3 aliphatic rings. The molecule has 176 valence electrons. The summed E-state index contributed by atoms with van der Waals surface area (Å²) in [6.07, 6.45) is 3.84. The Morgan fingerprint density at radius 3 is 2.62 bits per heavy atom. The zero-order valence-electron chi connectivity index (χ0n) is 18.0. The third-order valence-corrected chi connectivity index (χ3v) is 11.5. The smallest absolute Gasteiger partial charge is 0.308 e. The van der Waals surface area contributed by atoms with Gasteiger partial charge in [0.25, 0.3) is 0 Å². The number of thioether (sulfide) groups is 1. The summed E-state index contributed by atoms with van der Waals surface area (Å²) in [5.74, 6) is 1.92. The minimum absolute atomic E-state index is 0.0174. The molecule has 0 spiro atoms. The molecule has 2 aromatic carbocycles. The van der Waals surface area contributed by atoms with Crippen LogP contribution >= 0.6 is 62.2 Å². The van der Waals surface area contributed by atoms with Crippen molar-refractivity contribution in [2.45, 2.75) is 42.0 Å². The molecule has 34 heavy (non-hydrogen) atoms. The van der Waals surface area contributed by atoms with Crippen LogP contribution in [0.2, 0.25) is 10.0 Å². The van der Waals surface area contributed by atoms with Gasteiger partial charge in [0.1, 0.15) is 6.54 Å². The number of anilines is 1. The second-order valence-corrected chi connectivity index (χ2v) is 13.2. The Morgan fingerprint density at radius 2 is 1.85 bits per heavy atom. The van der Waals surface area contributed by atoms with Crippen LogP contribution in [0.4, 0.5) is 5.69 Å². The van der Waals surface area contributed by atoms with E-state index in [0.717, 1.165) is 14.4 Å². The standard InChI is InChI=1S/C25H21BrCl2N2O2S2/c26-15-5-3-12(4-6-15)20-21-13-1-2-14(9-13)22(21)33-24-23(20)34-25(32)30(24)11-19(31)29-16-7-8-17(27)18(28)10-16/h3-8,10,13-14,20-22H,1-2,9,11H2,(H,29,31). The van der Waals surface area contributed by atoms with E-state index in [4.69, 9.17) is 23.2 Å². The van der Waals surface area contributed by atoms with Gasteiger partial charge in [-0.3, -0.25) is 14.2 Å². The van der Waals surface area contributed by atoms with E-state index in [2.05, 4.69) is 45.5 Å². The van der Waals surface area contributed by atoms with E-state index in [1.807, 2.05) is 11.8 Å². The van der Waals surface area contributed by atoms with Gasteiger partial charge in [-0.05, 0) is 72.9 Å². The third-order valence-electron chi connectivity index (χ3n) is 7.42. The number of hydrogen-bond acceptors (Lipinski definition) is 4. The number of hydrogen-bond donors (Lipinski definition) is 1. The summed E-state index contributed by atoms with van der Waals surface area (Å²) in [6, 6.07) is 13.5. The van der Waals surface area contributed by atoms with Crippen LogP contribution in [-0.4, -0.2) is 15.7 Å². The molecule has 4 nitrogen and oxygen atoms in total. The van der Waals surface area contributed by atoms with E-state index in [1.165, 1.54) is 36.2 Å². The lowest BCUT2D eigenvalue weighted by Crippen LogP contribution is -2.34. The Bertz CT molecular complexity index is 1340. The summed E-state index contributed by atoms with van der Waals surface area (Å²) < 4.78 is 2.72. The van der Waals surface area contributed by atoms with Crippen LogP contribution in [0.5, 0.6) is 0 Å². The molecule has 5 atom stereocenters. The van der Waals surface area contributed by atoms with Crippen molar-refractivity contribution in [3.05, 3.63) is 77.1 Å². The predicted molar refractivity (Wildman–Crippen MR) is 144 cm³/mol. The fourth-order valence-electron chi connectivity index (χ4n) is 6.05. The molecule has 6 rings (SSSR count). The monoisotopic (exact) mass is 594 g/mol. The number of fused-ring (bicyclic) bond motifs is 6. The predicted octanol–water partition coefficient (Wildman–Crippen LogP) is 7.27. The van der Waals surface area contributed by atoms with Gasteiger partial charge in [0.05, 0.1) is 15.1 Å². The van der Waals surface area contributed by atoms with E-state index in [1.54, 1.807) is 22.8 Å². The van der Waals surface area contributed by atoms with Crippen LogP contribution in [0.1, 0.15) is 35.6 Å². The van der Waals surface area contributed by atoms with Crippen LogP contribution in [0, 0.1) is 17.8 Å². The maximum atomic E-state index is 13.2. The molecule has 0 radical (unpaired) electrons. The van der Waals surface area contributed by atoms with Crippen molar-refractivity contribution in [3.8, 4) is 0 Å². The maximum Gasteiger partial charge on any atom is 0.308 e. The lowest BCUT2D eigenvalue weighted by atomic mass is 9.75. The van der Waals surface area contributed by atoms with Crippen molar-refractivity contribution in [1.82, 2.24) is 4.57 Å². The number of benzene rings is 2. The van der Waals surface area contributed by atoms with Gasteiger partial charge in [-0.1, -0.05) is 62.6 Å². The molecule has 3 aromatic rings. The third kappa shape index (κ3) is 3.97. The number of carbonyl (C=O) groups excluding carboxylic acids is 1. The molecule has 2 aliphatic carbocycles. The van der Waals surface area contributed by atoms with Gasteiger partial charge in [0.2, 0.25) is 5.91 Å². The highest BCUT2D eigenvalue weighted by atomic mass is 79.9. The Labute approximate surface area is 224 Å². The number of amides is 1. The largest absolute Gasteiger partial charge is 0.324 e. The number of nitrogens with zero attached hydrogens (tertiary/aromatic N) is 1. The minimum atomic E-state index is -0.253. The van der Waals surface area contributed by atoms with Gasteiger partial charge in [0.15, 0.2) is 0 Å². The second-order valence-electron chi connectivity index (χ2n) is 9.32. The SMILES string of the molecule is O=C(Cn1c2c(sc1=O)C(c1ccc(Br)cc1)C1C3CCC(C3)C1S2)Nc1ccc(Cl)c(Cl)c1. The first-order valence-electron chi connectivity index (χ1n) is 11.3. The van der Waals surface area contributed by atoms with Crippen LogP contribution in [0.25, 0.3) is 0 Å². The number of thiazole rings is 1. The second kappa shape index (κ2) is 9.00. The lowest BCUT2D eigenvalue weighted by Gasteiger charge is -2.40. The molecule has 1 N–H and O–H groups in total. The van der Waals surface area contributed by atoms with Gasteiger partial charge in [-0.25, -0.2) is 0 Å². The number of halogens is 3. The van der Waals surface area contributed by atoms with Gasteiger partial charge < -0.3 is 5.32 Å². The van der Waals surface area contributed by atoms with Gasteiger partial charge in [0, 0.05) is 26.2 Å². The van der Waals surface area contributed by atoms with Crippen LogP contribution < -0.4 is 10.2 Å².